The first kappa shape index (κ1) is 9.41. The van der Waals surface area contributed by atoms with Gasteiger partial charge < -0.3 is 0 Å². The first-order valence-corrected chi connectivity index (χ1v) is 4.48. The van der Waals surface area contributed by atoms with Crippen LogP contribution in [0, 0.1) is 20.8 Å². The fourth-order valence-corrected chi connectivity index (χ4v) is 1.54. The summed E-state index contributed by atoms with van der Waals surface area (Å²) in [5.74, 6) is 0. The van der Waals surface area contributed by atoms with Crippen LogP contribution in [0.2, 0.25) is 0 Å². The highest BCUT2D eigenvalue weighted by Crippen LogP contribution is 2.18. The zero-order valence-electron chi connectivity index (χ0n) is 7.64. The van der Waals surface area contributed by atoms with Crippen molar-refractivity contribution < 1.29 is 4.79 Å². The van der Waals surface area contributed by atoms with Gasteiger partial charge in [0.2, 0.25) is 0 Å². The smallest absolute Gasteiger partial charge is 0.178 e. The summed E-state index contributed by atoms with van der Waals surface area (Å²) < 4.78 is 0. The Balaban J connectivity index is 3.36. The monoisotopic (exact) mass is 180 g/mol. The fourth-order valence-electron chi connectivity index (χ4n) is 1.22. The maximum Gasteiger partial charge on any atom is 0.178 e. The molecule has 0 aliphatic rings. The molecule has 0 radical (unpaired) electrons. The average molecular weight is 180 g/mol. The van der Waals surface area contributed by atoms with Gasteiger partial charge in [-0.2, -0.15) is 0 Å². The summed E-state index contributed by atoms with van der Waals surface area (Å²) >= 11 is 0. The maximum atomic E-state index is 11.1. The number of carbonyl (C=O) groups excluding carboxylic acids is 1. The summed E-state index contributed by atoms with van der Waals surface area (Å²) in [6, 6.07) is 3.87. The molecule has 0 N–H and O–H groups in total. The molecule has 1 unspecified atom stereocenters. The lowest BCUT2D eigenvalue weighted by Crippen LogP contribution is -1.96. The Kier molecular flexibility index (Phi) is 2.64. The number of aryl methyl sites for hydroxylation is 1. The average Bonchev–Trinajstić information content (AvgIpc) is 2.00. The number of hydrogen-bond donors (Lipinski definition) is 0. The molecule has 1 atom stereocenters. The first-order chi connectivity index (χ1) is 5.54. The van der Waals surface area contributed by atoms with Crippen molar-refractivity contribution in [2.75, 3.05) is 0 Å². The van der Waals surface area contributed by atoms with Crippen LogP contribution in [0.15, 0.2) is 12.1 Å². The van der Waals surface area contributed by atoms with E-state index >= 15 is 0 Å². The molecule has 2 heteroatoms. The van der Waals surface area contributed by atoms with Gasteiger partial charge in [0.1, 0.15) is 0 Å². The SMILES string of the molecule is Cc1ccc(C(=O)P)c(C)c1C. The van der Waals surface area contributed by atoms with E-state index in [1.807, 2.05) is 26.0 Å². The molecule has 64 valence electrons. The van der Waals surface area contributed by atoms with Crippen molar-refractivity contribution in [3.63, 3.8) is 0 Å². The summed E-state index contributed by atoms with van der Waals surface area (Å²) in [6.45, 7) is 6.08. The predicted octanol–water partition coefficient (Wildman–Crippen LogP) is 2.63. The molecule has 0 aliphatic carbocycles. The standard InChI is InChI=1S/C10H13OP/c1-6-4-5-9(10(11)12)8(3)7(6)2/h4-5H,12H2,1-3H3. The van der Waals surface area contributed by atoms with Crippen molar-refractivity contribution >= 4 is 14.8 Å². The van der Waals surface area contributed by atoms with Crippen LogP contribution >= 0.6 is 9.24 Å². The fraction of sp³-hybridized carbons (Fsp3) is 0.300. The molecule has 0 saturated carbocycles. The van der Waals surface area contributed by atoms with E-state index in [1.54, 1.807) is 0 Å². The third kappa shape index (κ3) is 1.56. The largest absolute Gasteiger partial charge is 0.290 e. The van der Waals surface area contributed by atoms with Crippen LogP contribution in [0.1, 0.15) is 27.0 Å². The van der Waals surface area contributed by atoms with Crippen LogP contribution < -0.4 is 0 Å². The van der Waals surface area contributed by atoms with Gasteiger partial charge in [0.05, 0.1) is 0 Å². The second-order valence-electron chi connectivity index (χ2n) is 3.04. The third-order valence-electron chi connectivity index (χ3n) is 2.32. The topological polar surface area (TPSA) is 17.1 Å². The number of carbonyl (C=O) groups is 1. The first-order valence-electron chi connectivity index (χ1n) is 3.90. The minimum atomic E-state index is 0.0654. The Morgan fingerprint density at radius 1 is 1.17 bits per heavy atom. The molecular weight excluding hydrogens is 167 g/mol. The molecular formula is C10H13OP. The minimum Gasteiger partial charge on any atom is -0.290 e. The summed E-state index contributed by atoms with van der Waals surface area (Å²) in [6.07, 6.45) is 0. The zero-order chi connectivity index (χ0) is 9.30. The van der Waals surface area contributed by atoms with Crippen LogP contribution in [-0.2, 0) is 0 Å². The van der Waals surface area contributed by atoms with E-state index in [-0.39, 0.29) is 5.52 Å². The van der Waals surface area contributed by atoms with E-state index in [2.05, 4.69) is 16.2 Å². The molecule has 0 heterocycles. The normalized spacial score (nSPS) is 10.0. The molecule has 0 bridgehead atoms. The van der Waals surface area contributed by atoms with E-state index in [9.17, 15) is 4.79 Å². The van der Waals surface area contributed by atoms with E-state index in [0.29, 0.717) is 0 Å². The van der Waals surface area contributed by atoms with Crippen molar-refractivity contribution in [1.29, 1.82) is 0 Å². The van der Waals surface area contributed by atoms with Gasteiger partial charge in [-0.15, -0.1) is 0 Å². The van der Waals surface area contributed by atoms with E-state index < -0.39 is 0 Å². The van der Waals surface area contributed by atoms with Crippen molar-refractivity contribution in [2.45, 2.75) is 20.8 Å². The summed E-state index contributed by atoms with van der Waals surface area (Å²) in [4.78, 5) is 11.1. The molecule has 1 aromatic carbocycles. The maximum absolute atomic E-state index is 11.1. The quantitative estimate of drug-likeness (QED) is 0.607. The number of rotatable bonds is 1. The van der Waals surface area contributed by atoms with Crippen LogP contribution in [0.25, 0.3) is 0 Å². The zero-order valence-corrected chi connectivity index (χ0v) is 8.79. The highest BCUT2D eigenvalue weighted by atomic mass is 31.0. The van der Waals surface area contributed by atoms with Crippen LogP contribution in [0.4, 0.5) is 0 Å². The molecule has 0 spiro atoms. The Bertz CT molecular complexity index is 329. The van der Waals surface area contributed by atoms with Gasteiger partial charge in [-0.1, -0.05) is 21.4 Å². The van der Waals surface area contributed by atoms with Gasteiger partial charge in [-0.05, 0) is 37.5 Å². The van der Waals surface area contributed by atoms with E-state index in [1.165, 1.54) is 11.1 Å². The lowest BCUT2D eigenvalue weighted by Gasteiger charge is -2.07. The van der Waals surface area contributed by atoms with E-state index in [0.717, 1.165) is 11.1 Å². The van der Waals surface area contributed by atoms with Gasteiger partial charge in [0, 0.05) is 5.56 Å². The molecule has 12 heavy (non-hydrogen) atoms. The molecule has 0 aromatic heterocycles. The summed E-state index contributed by atoms with van der Waals surface area (Å²) in [7, 11) is 2.21. The molecule has 1 rings (SSSR count). The van der Waals surface area contributed by atoms with Gasteiger partial charge >= 0.3 is 0 Å². The summed E-state index contributed by atoms with van der Waals surface area (Å²) in [5.41, 5.74) is 4.42. The number of benzene rings is 1. The molecule has 0 saturated heterocycles. The van der Waals surface area contributed by atoms with Gasteiger partial charge in [-0.3, -0.25) is 4.79 Å². The third-order valence-corrected chi connectivity index (χ3v) is 2.63. The highest BCUT2D eigenvalue weighted by molar-refractivity contribution is 7.41. The van der Waals surface area contributed by atoms with Gasteiger partial charge in [0.25, 0.3) is 0 Å². The molecule has 0 amide bonds. The highest BCUT2D eigenvalue weighted by Gasteiger charge is 2.06. The predicted molar refractivity (Wildman–Crippen MR) is 54.7 cm³/mol. The van der Waals surface area contributed by atoms with E-state index in [4.69, 9.17) is 0 Å². The molecule has 1 aromatic rings. The van der Waals surface area contributed by atoms with Crippen molar-refractivity contribution in [3.05, 3.63) is 34.4 Å². The lowest BCUT2D eigenvalue weighted by atomic mass is 10.00. The second kappa shape index (κ2) is 3.37. The molecule has 1 nitrogen and oxygen atoms in total. The Labute approximate surface area is 75.4 Å². The summed E-state index contributed by atoms with van der Waals surface area (Å²) in [5, 5.41) is 0. The van der Waals surface area contributed by atoms with Gasteiger partial charge in [0.15, 0.2) is 5.52 Å². The van der Waals surface area contributed by atoms with Crippen molar-refractivity contribution in [1.82, 2.24) is 0 Å². The second-order valence-corrected chi connectivity index (χ2v) is 3.57. The van der Waals surface area contributed by atoms with Crippen LogP contribution in [0.3, 0.4) is 0 Å². The van der Waals surface area contributed by atoms with Gasteiger partial charge in [-0.25, -0.2) is 0 Å². The minimum absolute atomic E-state index is 0.0654. The lowest BCUT2D eigenvalue weighted by molar-refractivity contribution is 0.108. The molecule has 0 aliphatic heterocycles. The Hall–Kier alpha value is -0.680. The van der Waals surface area contributed by atoms with Crippen LogP contribution in [-0.4, -0.2) is 5.52 Å². The number of hydrogen-bond acceptors (Lipinski definition) is 1. The van der Waals surface area contributed by atoms with Crippen molar-refractivity contribution in [3.8, 4) is 0 Å². The van der Waals surface area contributed by atoms with Crippen molar-refractivity contribution in [2.24, 2.45) is 0 Å². The Morgan fingerprint density at radius 3 is 2.25 bits per heavy atom. The Morgan fingerprint density at radius 2 is 1.75 bits per heavy atom. The van der Waals surface area contributed by atoms with Crippen LogP contribution in [0.5, 0.6) is 0 Å². The molecule has 0 fully saturated rings.